The number of rotatable bonds is 15. The van der Waals surface area contributed by atoms with Gasteiger partial charge in [-0.3, -0.25) is 19.2 Å². The van der Waals surface area contributed by atoms with E-state index in [-0.39, 0.29) is 6.61 Å². The second-order valence-corrected chi connectivity index (χ2v) is 7.75. The molecule has 3 N–H and O–H groups in total. The highest BCUT2D eigenvalue weighted by atomic mass is 32.2. The van der Waals surface area contributed by atoms with Gasteiger partial charge in [0, 0.05) is 12.7 Å². The molecule has 0 aliphatic carbocycles. The van der Waals surface area contributed by atoms with Crippen LogP contribution in [-0.2, 0) is 28.6 Å². The molecule has 0 aromatic rings. The van der Waals surface area contributed by atoms with Gasteiger partial charge in [0.2, 0.25) is 0 Å². The van der Waals surface area contributed by atoms with Crippen LogP contribution in [-0.4, -0.2) is 126 Å². The molecule has 1 amide bonds. The molecule has 0 heterocycles. The molecule has 31 heavy (non-hydrogen) atoms. The number of carbonyl (C=O) groups is 4. The van der Waals surface area contributed by atoms with Crippen LogP contribution in [0.3, 0.4) is 0 Å². The maximum absolute atomic E-state index is 12.5. The number of aliphatic hydroxyl groups is 3. The van der Waals surface area contributed by atoms with Gasteiger partial charge in [-0.1, -0.05) is 11.8 Å². The van der Waals surface area contributed by atoms with E-state index in [1.807, 2.05) is 19.0 Å². The summed E-state index contributed by atoms with van der Waals surface area (Å²) in [4.78, 5) is 50.4. The minimum atomic E-state index is -1.15. The summed E-state index contributed by atoms with van der Waals surface area (Å²) in [6.45, 7) is -1.51. The van der Waals surface area contributed by atoms with Gasteiger partial charge < -0.3 is 39.3 Å². The molecule has 0 aromatic heterocycles. The number of esters is 3. The van der Waals surface area contributed by atoms with E-state index < -0.39 is 68.3 Å². The molecule has 0 fully saturated rings. The highest BCUT2D eigenvalue weighted by molar-refractivity contribution is 8.13. The predicted octanol–water partition coefficient (Wildman–Crippen LogP) is -1.54. The highest BCUT2D eigenvalue weighted by Crippen LogP contribution is 2.12. The third-order valence-corrected chi connectivity index (χ3v) is 4.55. The average Bonchev–Trinajstić information content (AvgIpc) is 2.71. The van der Waals surface area contributed by atoms with Crippen LogP contribution < -0.4 is 0 Å². The largest absolute Gasteiger partial charge is 0.462 e. The van der Waals surface area contributed by atoms with Crippen molar-refractivity contribution in [2.24, 2.45) is 0 Å². The van der Waals surface area contributed by atoms with Crippen molar-refractivity contribution in [3.63, 3.8) is 0 Å². The first-order valence-corrected chi connectivity index (χ1v) is 10.5. The molecular weight excluding hydrogens is 436 g/mol. The summed E-state index contributed by atoms with van der Waals surface area (Å²) < 4.78 is 14.5. The maximum Gasteiger partial charge on any atom is 0.326 e. The standard InChI is InChI=1S/C18H32N2O10S/c1-13(24)28-12-15(11-23)30-17(26)8-20(7-16(25)29-14(9-21)10-22)18(27)31-6-4-5-19(2)3/h14-15,21-23H,4-12H2,1-3H3. The van der Waals surface area contributed by atoms with Gasteiger partial charge in [0.25, 0.3) is 5.24 Å². The number of nitrogens with zero attached hydrogens (tertiary/aromatic N) is 2. The van der Waals surface area contributed by atoms with Crippen LogP contribution in [0.4, 0.5) is 4.79 Å². The highest BCUT2D eigenvalue weighted by Gasteiger charge is 2.25. The minimum absolute atomic E-state index is 0.360. The number of ether oxygens (including phenoxy) is 3. The summed E-state index contributed by atoms with van der Waals surface area (Å²) in [5.74, 6) is -2.03. The summed E-state index contributed by atoms with van der Waals surface area (Å²) in [5, 5.41) is 26.7. The summed E-state index contributed by atoms with van der Waals surface area (Å²) in [6.07, 6.45) is -1.58. The molecule has 180 valence electrons. The van der Waals surface area contributed by atoms with E-state index >= 15 is 0 Å². The molecule has 0 aromatic carbocycles. The van der Waals surface area contributed by atoms with Crippen molar-refractivity contribution < 1.29 is 48.7 Å². The summed E-state index contributed by atoms with van der Waals surface area (Å²) in [5.41, 5.74) is 0. The Labute approximate surface area is 185 Å². The van der Waals surface area contributed by atoms with Gasteiger partial charge in [-0.05, 0) is 27.1 Å². The molecule has 0 saturated carbocycles. The van der Waals surface area contributed by atoms with Crippen LogP contribution in [0.2, 0.25) is 0 Å². The van der Waals surface area contributed by atoms with Crippen LogP contribution in [0.5, 0.6) is 0 Å². The van der Waals surface area contributed by atoms with Gasteiger partial charge in [-0.2, -0.15) is 0 Å². The number of aliphatic hydroxyl groups excluding tert-OH is 3. The molecular formula is C18H32N2O10S. The first-order chi connectivity index (χ1) is 14.6. The minimum Gasteiger partial charge on any atom is -0.462 e. The van der Waals surface area contributed by atoms with Crippen molar-refractivity contribution in [2.45, 2.75) is 25.6 Å². The van der Waals surface area contributed by atoms with Crippen molar-refractivity contribution in [1.82, 2.24) is 9.80 Å². The van der Waals surface area contributed by atoms with Crippen molar-refractivity contribution in [3.8, 4) is 0 Å². The lowest BCUT2D eigenvalue weighted by molar-refractivity contribution is -0.162. The van der Waals surface area contributed by atoms with E-state index in [0.29, 0.717) is 12.2 Å². The Bertz CT molecular complexity index is 572. The third-order valence-electron chi connectivity index (χ3n) is 3.55. The van der Waals surface area contributed by atoms with Gasteiger partial charge in [-0.15, -0.1) is 0 Å². The number of thioether (sulfide) groups is 1. The second kappa shape index (κ2) is 16.7. The normalized spacial score (nSPS) is 11.9. The molecule has 0 rings (SSSR count). The van der Waals surface area contributed by atoms with Crippen LogP contribution in [0.25, 0.3) is 0 Å². The SMILES string of the molecule is CC(=O)OCC(CO)OC(=O)CN(CC(=O)OC(CO)CO)C(=O)SCCCN(C)C. The Kier molecular flexibility index (Phi) is 15.7. The van der Waals surface area contributed by atoms with E-state index in [2.05, 4.69) is 4.74 Å². The Morgan fingerprint density at radius 3 is 1.87 bits per heavy atom. The Morgan fingerprint density at radius 2 is 1.42 bits per heavy atom. The van der Waals surface area contributed by atoms with Gasteiger partial charge >= 0.3 is 17.9 Å². The molecule has 0 saturated heterocycles. The molecule has 0 aliphatic rings. The molecule has 0 spiro atoms. The van der Waals surface area contributed by atoms with E-state index in [1.54, 1.807) is 0 Å². The number of amides is 1. The molecule has 1 unspecified atom stereocenters. The average molecular weight is 469 g/mol. The molecule has 12 nitrogen and oxygen atoms in total. The zero-order chi connectivity index (χ0) is 23.8. The van der Waals surface area contributed by atoms with Crippen molar-refractivity contribution in [2.75, 3.05) is 65.9 Å². The fourth-order valence-corrected chi connectivity index (χ4v) is 2.80. The monoisotopic (exact) mass is 468 g/mol. The van der Waals surface area contributed by atoms with E-state index in [4.69, 9.17) is 19.7 Å². The van der Waals surface area contributed by atoms with E-state index in [0.717, 1.165) is 30.1 Å². The maximum atomic E-state index is 12.5. The molecule has 1 atom stereocenters. The quantitative estimate of drug-likeness (QED) is 0.144. The van der Waals surface area contributed by atoms with E-state index in [1.165, 1.54) is 0 Å². The lowest BCUT2D eigenvalue weighted by Gasteiger charge is -2.23. The van der Waals surface area contributed by atoms with Crippen molar-refractivity contribution >= 4 is 34.9 Å². The second-order valence-electron chi connectivity index (χ2n) is 6.70. The first kappa shape index (κ1) is 29.1. The number of hydrogen-bond acceptors (Lipinski definition) is 12. The topological polar surface area (TPSA) is 163 Å². The lowest BCUT2D eigenvalue weighted by atomic mass is 10.4. The van der Waals surface area contributed by atoms with E-state index in [9.17, 15) is 24.3 Å². The van der Waals surface area contributed by atoms with Gasteiger partial charge in [0.05, 0.1) is 19.8 Å². The fourth-order valence-electron chi connectivity index (χ4n) is 2.04. The Hall–Kier alpha value is -1.93. The number of hydrogen-bond donors (Lipinski definition) is 3. The summed E-state index contributed by atoms with van der Waals surface area (Å²) in [7, 11) is 3.77. The van der Waals surface area contributed by atoms with Gasteiger partial charge in [-0.25, -0.2) is 0 Å². The van der Waals surface area contributed by atoms with Crippen LogP contribution in [0.15, 0.2) is 0 Å². The lowest BCUT2D eigenvalue weighted by Crippen LogP contribution is -2.41. The molecule has 0 aliphatic heterocycles. The van der Waals surface area contributed by atoms with Gasteiger partial charge in [0.1, 0.15) is 25.8 Å². The molecule has 0 bridgehead atoms. The zero-order valence-electron chi connectivity index (χ0n) is 18.0. The van der Waals surface area contributed by atoms with Crippen LogP contribution in [0.1, 0.15) is 13.3 Å². The Morgan fingerprint density at radius 1 is 0.903 bits per heavy atom. The molecule has 13 heteroatoms. The fraction of sp³-hybridized carbons (Fsp3) is 0.778. The first-order valence-electron chi connectivity index (χ1n) is 9.54. The molecule has 0 radical (unpaired) electrons. The summed E-state index contributed by atoms with van der Waals surface area (Å²) >= 11 is 0.907. The Balaban J connectivity index is 4.97. The van der Waals surface area contributed by atoms with Gasteiger partial charge in [0.15, 0.2) is 6.10 Å². The van der Waals surface area contributed by atoms with Crippen molar-refractivity contribution in [1.29, 1.82) is 0 Å². The third kappa shape index (κ3) is 14.7. The summed E-state index contributed by atoms with van der Waals surface area (Å²) in [6, 6.07) is 0. The predicted molar refractivity (Wildman–Crippen MR) is 110 cm³/mol. The zero-order valence-corrected chi connectivity index (χ0v) is 18.8. The number of carbonyl (C=O) groups excluding carboxylic acids is 4. The van der Waals surface area contributed by atoms with Crippen LogP contribution >= 0.6 is 11.8 Å². The van der Waals surface area contributed by atoms with Crippen molar-refractivity contribution in [3.05, 3.63) is 0 Å². The van der Waals surface area contributed by atoms with Crippen LogP contribution in [0, 0.1) is 0 Å². The smallest absolute Gasteiger partial charge is 0.326 e.